The molecule has 1 aromatic heterocycles. The maximum atomic E-state index is 12.4. The summed E-state index contributed by atoms with van der Waals surface area (Å²) in [5.74, 6) is 0.177. The van der Waals surface area contributed by atoms with Gasteiger partial charge < -0.3 is 9.30 Å². The van der Waals surface area contributed by atoms with Crippen molar-refractivity contribution in [2.45, 2.75) is 38.8 Å². The van der Waals surface area contributed by atoms with Gasteiger partial charge in [0.15, 0.2) is 0 Å². The largest absolute Gasteiger partial charge is 0.434 e. The Hall–Kier alpha value is -2.09. The molecule has 0 saturated heterocycles. The fourth-order valence-electron chi connectivity index (χ4n) is 2.66. The van der Waals surface area contributed by atoms with Crippen LogP contribution >= 0.6 is 0 Å². The second-order valence-electron chi connectivity index (χ2n) is 5.16. The number of nitriles is 1. The molecule has 3 nitrogen and oxygen atoms in total. The number of ether oxygens (including phenoxy) is 1. The summed E-state index contributed by atoms with van der Waals surface area (Å²) < 4.78 is 31.4. The summed E-state index contributed by atoms with van der Waals surface area (Å²) in [6.45, 7) is -1.13. The van der Waals surface area contributed by atoms with E-state index in [4.69, 9.17) is 0 Å². The van der Waals surface area contributed by atoms with Gasteiger partial charge in [0.2, 0.25) is 0 Å². The van der Waals surface area contributed by atoms with Gasteiger partial charge >= 0.3 is 6.61 Å². The van der Waals surface area contributed by atoms with Crippen LogP contribution in [0.3, 0.4) is 0 Å². The van der Waals surface area contributed by atoms with Crippen molar-refractivity contribution in [1.29, 1.82) is 5.26 Å². The quantitative estimate of drug-likeness (QED) is 0.844. The third kappa shape index (κ3) is 2.01. The number of aromatic nitrogens is 1. The Kier molecular flexibility index (Phi) is 3.09. The van der Waals surface area contributed by atoms with Crippen molar-refractivity contribution in [3.05, 3.63) is 29.5 Å². The van der Waals surface area contributed by atoms with Gasteiger partial charge in [-0.2, -0.15) is 14.0 Å². The van der Waals surface area contributed by atoms with E-state index in [0.717, 1.165) is 23.7 Å². The first-order valence-electron chi connectivity index (χ1n) is 6.60. The lowest BCUT2D eigenvalue weighted by Gasteiger charge is -2.28. The molecule has 1 fully saturated rings. The Balaban J connectivity index is 2.17. The van der Waals surface area contributed by atoms with E-state index >= 15 is 0 Å². The number of fused-ring (bicyclic) bond motifs is 1. The molecule has 1 aliphatic rings. The van der Waals surface area contributed by atoms with Crippen molar-refractivity contribution in [2.24, 2.45) is 0 Å². The van der Waals surface area contributed by atoms with Crippen LogP contribution in [0, 0.1) is 18.3 Å². The zero-order valence-corrected chi connectivity index (χ0v) is 11.1. The Morgan fingerprint density at radius 1 is 1.40 bits per heavy atom. The molecule has 1 aliphatic carbocycles. The van der Waals surface area contributed by atoms with Gasteiger partial charge in [-0.25, -0.2) is 0 Å². The normalized spacial score (nSPS) is 15.3. The predicted octanol–water partition coefficient (Wildman–Crippen LogP) is 4.15. The minimum Gasteiger partial charge on any atom is -0.434 e. The van der Waals surface area contributed by atoms with Gasteiger partial charge in [0.25, 0.3) is 0 Å². The van der Waals surface area contributed by atoms with Crippen LogP contribution in [0.1, 0.15) is 36.4 Å². The van der Waals surface area contributed by atoms with Crippen LogP contribution in [0.15, 0.2) is 18.3 Å². The number of hydrogen-bond acceptors (Lipinski definition) is 2. The van der Waals surface area contributed by atoms with Crippen molar-refractivity contribution >= 4 is 10.9 Å². The molecule has 0 bridgehead atoms. The molecule has 3 rings (SSSR count). The molecule has 0 spiro atoms. The molecule has 1 heterocycles. The van der Waals surface area contributed by atoms with Gasteiger partial charge in [0.05, 0.1) is 11.1 Å². The number of halogens is 2. The summed E-state index contributed by atoms with van der Waals surface area (Å²) in [6.07, 6.45) is 5.11. The third-order valence-corrected chi connectivity index (χ3v) is 3.93. The number of benzene rings is 1. The monoisotopic (exact) mass is 276 g/mol. The molecule has 0 atom stereocenters. The molecule has 0 unspecified atom stereocenters. The van der Waals surface area contributed by atoms with E-state index in [-0.39, 0.29) is 5.75 Å². The molecule has 1 aromatic carbocycles. The van der Waals surface area contributed by atoms with Crippen molar-refractivity contribution in [3.8, 4) is 11.8 Å². The highest BCUT2D eigenvalue weighted by atomic mass is 19.3. The molecule has 0 amide bonds. The lowest BCUT2D eigenvalue weighted by molar-refractivity contribution is -0.0502. The van der Waals surface area contributed by atoms with Crippen LogP contribution in [0.5, 0.6) is 5.75 Å². The van der Waals surface area contributed by atoms with E-state index in [0.29, 0.717) is 17.2 Å². The Morgan fingerprint density at radius 2 is 2.15 bits per heavy atom. The molecule has 0 radical (unpaired) electrons. The maximum Gasteiger partial charge on any atom is 0.387 e. The second-order valence-corrected chi connectivity index (χ2v) is 5.16. The highest BCUT2D eigenvalue weighted by Gasteiger charge is 2.23. The molecule has 0 aliphatic heterocycles. The smallest absolute Gasteiger partial charge is 0.387 e. The van der Waals surface area contributed by atoms with Gasteiger partial charge in [-0.05, 0) is 37.8 Å². The standard InChI is InChI=1S/C15H14F2N2O/c1-9-5-12-10(7-18)8-19(11-3-2-4-11)13(12)6-14(9)20-15(16)17/h5-6,8,11,15H,2-4H2,1H3. The molecule has 20 heavy (non-hydrogen) atoms. The number of nitrogens with zero attached hydrogens (tertiary/aromatic N) is 2. The minimum atomic E-state index is -2.84. The van der Waals surface area contributed by atoms with Gasteiger partial charge in [-0.1, -0.05) is 0 Å². The van der Waals surface area contributed by atoms with Crippen LogP contribution in [0.4, 0.5) is 8.78 Å². The molecule has 2 aromatic rings. The minimum absolute atomic E-state index is 0.177. The summed E-state index contributed by atoms with van der Waals surface area (Å²) in [5, 5.41) is 10.0. The average molecular weight is 276 g/mol. The molecular weight excluding hydrogens is 262 g/mol. The fourth-order valence-corrected chi connectivity index (χ4v) is 2.66. The van der Waals surface area contributed by atoms with Crippen LogP contribution in [0.25, 0.3) is 10.9 Å². The highest BCUT2D eigenvalue weighted by Crippen LogP contribution is 2.38. The lowest BCUT2D eigenvalue weighted by Crippen LogP contribution is -2.15. The predicted molar refractivity (Wildman–Crippen MR) is 70.9 cm³/mol. The average Bonchev–Trinajstić information content (AvgIpc) is 2.65. The Labute approximate surface area is 115 Å². The summed E-state index contributed by atoms with van der Waals surface area (Å²) in [5.41, 5.74) is 1.99. The SMILES string of the molecule is Cc1cc2c(C#N)cn(C3CCC3)c2cc1OC(F)F. The van der Waals surface area contributed by atoms with Crippen LogP contribution in [0.2, 0.25) is 0 Å². The van der Waals surface area contributed by atoms with Gasteiger partial charge in [0, 0.05) is 23.7 Å². The summed E-state index contributed by atoms with van der Waals surface area (Å²) >= 11 is 0. The van der Waals surface area contributed by atoms with E-state index in [2.05, 4.69) is 10.8 Å². The van der Waals surface area contributed by atoms with Crippen molar-refractivity contribution in [3.63, 3.8) is 0 Å². The van der Waals surface area contributed by atoms with Crippen molar-refractivity contribution in [2.75, 3.05) is 0 Å². The molecular formula is C15H14F2N2O. The highest BCUT2D eigenvalue weighted by molar-refractivity contribution is 5.88. The van der Waals surface area contributed by atoms with E-state index in [9.17, 15) is 14.0 Å². The zero-order valence-electron chi connectivity index (χ0n) is 11.1. The van der Waals surface area contributed by atoms with Gasteiger partial charge in [0.1, 0.15) is 11.8 Å². The van der Waals surface area contributed by atoms with Crippen LogP contribution < -0.4 is 4.74 Å². The summed E-state index contributed by atoms with van der Waals surface area (Å²) in [7, 11) is 0. The molecule has 1 saturated carbocycles. The molecule has 104 valence electrons. The third-order valence-electron chi connectivity index (χ3n) is 3.93. The van der Waals surface area contributed by atoms with Crippen molar-refractivity contribution in [1.82, 2.24) is 4.57 Å². The number of alkyl halides is 2. The number of hydrogen-bond donors (Lipinski definition) is 0. The lowest BCUT2D eigenvalue weighted by atomic mass is 9.93. The van der Waals surface area contributed by atoms with E-state index in [1.54, 1.807) is 19.1 Å². The van der Waals surface area contributed by atoms with E-state index < -0.39 is 6.61 Å². The first kappa shape index (κ1) is 12.9. The number of aryl methyl sites for hydroxylation is 1. The Morgan fingerprint density at radius 3 is 2.70 bits per heavy atom. The van der Waals surface area contributed by atoms with E-state index in [1.165, 1.54) is 6.42 Å². The summed E-state index contributed by atoms with van der Waals surface area (Å²) in [6, 6.07) is 5.91. The Bertz CT molecular complexity index is 696. The van der Waals surface area contributed by atoms with Crippen molar-refractivity contribution < 1.29 is 13.5 Å². The fraction of sp³-hybridized carbons (Fsp3) is 0.400. The maximum absolute atomic E-state index is 12.4. The van der Waals surface area contributed by atoms with Gasteiger partial charge in [-0.15, -0.1) is 0 Å². The van der Waals surface area contributed by atoms with Crippen LogP contribution in [-0.2, 0) is 0 Å². The zero-order chi connectivity index (χ0) is 14.3. The second kappa shape index (κ2) is 4.78. The first-order chi connectivity index (χ1) is 9.60. The van der Waals surface area contributed by atoms with E-state index in [1.807, 2.05) is 10.8 Å². The van der Waals surface area contributed by atoms with Crippen LogP contribution in [-0.4, -0.2) is 11.2 Å². The molecule has 0 N–H and O–H groups in total. The first-order valence-corrected chi connectivity index (χ1v) is 6.60. The molecule has 5 heteroatoms. The number of rotatable bonds is 3. The summed E-state index contributed by atoms with van der Waals surface area (Å²) in [4.78, 5) is 0. The van der Waals surface area contributed by atoms with Gasteiger partial charge in [-0.3, -0.25) is 0 Å². The topological polar surface area (TPSA) is 38.0 Å².